The second-order valence-corrected chi connectivity index (χ2v) is 10.0. The van der Waals surface area contributed by atoms with Crippen molar-refractivity contribution in [2.24, 2.45) is 5.73 Å². The highest BCUT2D eigenvalue weighted by molar-refractivity contribution is 6.42. The van der Waals surface area contributed by atoms with E-state index in [0.717, 1.165) is 31.2 Å². The first-order valence-corrected chi connectivity index (χ1v) is 12.8. The molecule has 1 aliphatic carbocycles. The van der Waals surface area contributed by atoms with Crippen LogP contribution >= 0.6 is 23.2 Å². The van der Waals surface area contributed by atoms with Crippen LogP contribution in [0.25, 0.3) is 0 Å². The van der Waals surface area contributed by atoms with Gasteiger partial charge in [0.15, 0.2) is 6.17 Å². The van der Waals surface area contributed by atoms with E-state index in [1.807, 2.05) is 12.1 Å². The number of nitrogens with two attached hydrogens (primary N) is 1. The SMILES string of the molecule is COc1ccc(CC(=O)N2CCN(C(=O)c3ccc(Cl)c(Cl)c3)C2C(=O)NC2CCC(N)CC2)cc1. The predicted molar refractivity (Wildman–Crippen MR) is 138 cm³/mol. The van der Waals surface area contributed by atoms with Gasteiger partial charge in [-0.2, -0.15) is 0 Å². The van der Waals surface area contributed by atoms with Gasteiger partial charge in [0, 0.05) is 30.7 Å². The molecule has 0 aromatic heterocycles. The zero-order valence-electron chi connectivity index (χ0n) is 20.1. The van der Waals surface area contributed by atoms with Gasteiger partial charge < -0.3 is 25.6 Å². The number of rotatable bonds is 6. The number of benzene rings is 2. The van der Waals surface area contributed by atoms with Crippen molar-refractivity contribution >= 4 is 40.9 Å². The summed E-state index contributed by atoms with van der Waals surface area (Å²) >= 11 is 12.1. The third-order valence-electron chi connectivity index (χ3n) is 6.79. The largest absolute Gasteiger partial charge is 0.497 e. The molecule has 1 saturated carbocycles. The molecule has 0 bridgehead atoms. The molecule has 1 aliphatic heterocycles. The van der Waals surface area contributed by atoms with E-state index in [-0.39, 0.29) is 54.3 Å². The Morgan fingerprint density at radius 2 is 1.64 bits per heavy atom. The number of ether oxygens (including phenoxy) is 1. The molecule has 2 aliphatic rings. The Kier molecular flexibility index (Phi) is 8.39. The average molecular weight is 533 g/mol. The Morgan fingerprint density at radius 1 is 0.972 bits per heavy atom. The molecule has 3 N–H and O–H groups in total. The maximum absolute atomic E-state index is 13.5. The van der Waals surface area contributed by atoms with Crippen LogP contribution in [0.2, 0.25) is 10.0 Å². The second-order valence-electron chi connectivity index (χ2n) is 9.23. The van der Waals surface area contributed by atoms with Gasteiger partial charge >= 0.3 is 0 Å². The molecule has 1 saturated heterocycles. The van der Waals surface area contributed by atoms with Crippen LogP contribution in [0.1, 0.15) is 41.6 Å². The quantitative estimate of drug-likeness (QED) is 0.594. The highest BCUT2D eigenvalue weighted by atomic mass is 35.5. The smallest absolute Gasteiger partial charge is 0.264 e. The third-order valence-corrected chi connectivity index (χ3v) is 7.53. The zero-order valence-corrected chi connectivity index (χ0v) is 21.6. The van der Waals surface area contributed by atoms with Crippen molar-refractivity contribution in [1.82, 2.24) is 15.1 Å². The standard InChI is InChI=1S/C26H30Cl2N4O4/c1-36-20-9-2-16(3-10-20)14-23(33)31-12-13-32(26(35)17-4-11-21(27)22(28)15-17)25(31)24(34)30-19-7-5-18(29)6-8-19/h2-4,9-11,15,18-19,25H,5-8,12-14,29H2,1H3,(H,30,34). The van der Waals surface area contributed by atoms with Crippen molar-refractivity contribution in [3.8, 4) is 5.75 Å². The minimum absolute atomic E-state index is 0.0432. The minimum Gasteiger partial charge on any atom is -0.497 e. The van der Waals surface area contributed by atoms with Gasteiger partial charge in [-0.15, -0.1) is 0 Å². The zero-order chi connectivity index (χ0) is 25.8. The summed E-state index contributed by atoms with van der Waals surface area (Å²) in [5.41, 5.74) is 7.09. The van der Waals surface area contributed by atoms with E-state index in [9.17, 15) is 14.4 Å². The molecular weight excluding hydrogens is 503 g/mol. The Hall–Kier alpha value is -2.81. The molecule has 36 heavy (non-hydrogen) atoms. The average Bonchev–Trinajstić information content (AvgIpc) is 3.33. The number of carbonyl (C=O) groups is 3. The number of nitrogens with one attached hydrogen (secondary N) is 1. The predicted octanol–water partition coefficient (Wildman–Crippen LogP) is 3.24. The monoisotopic (exact) mass is 532 g/mol. The lowest BCUT2D eigenvalue weighted by Gasteiger charge is -2.33. The molecule has 0 radical (unpaired) electrons. The van der Waals surface area contributed by atoms with Crippen LogP contribution < -0.4 is 15.8 Å². The van der Waals surface area contributed by atoms with E-state index < -0.39 is 6.17 Å². The topological polar surface area (TPSA) is 105 Å². The number of hydrogen-bond donors (Lipinski definition) is 2. The summed E-state index contributed by atoms with van der Waals surface area (Å²) in [6, 6.07) is 11.9. The fraction of sp³-hybridized carbons (Fsp3) is 0.423. The molecule has 4 rings (SSSR count). The molecule has 2 aromatic rings. The Labute approximate surface area is 220 Å². The van der Waals surface area contributed by atoms with Gasteiger partial charge in [0.2, 0.25) is 5.91 Å². The number of halogens is 2. The van der Waals surface area contributed by atoms with Crippen LogP contribution in [-0.4, -0.2) is 66.0 Å². The summed E-state index contributed by atoms with van der Waals surface area (Å²) in [6.07, 6.45) is 2.21. The molecule has 1 heterocycles. The molecule has 0 spiro atoms. The second kappa shape index (κ2) is 11.5. The van der Waals surface area contributed by atoms with E-state index in [4.69, 9.17) is 33.7 Å². The van der Waals surface area contributed by atoms with Crippen molar-refractivity contribution in [2.75, 3.05) is 20.2 Å². The summed E-state index contributed by atoms with van der Waals surface area (Å²) in [7, 11) is 1.58. The minimum atomic E-state index is -1.06. The molecule has 8 nitrogen and oxygen atoms in total. The van der Waals surface area contributed by atoms with Crippen molar-refractivity contribution in [1.29, 1.82) is 0 Å². The molecule has 2 fully saturated rings. The highest BCUT2D eigenvalue weighted by Gasteiger charge is 2.43. The van der Waals surface area contributed by atoms with Crippen LogP contribution in [0.15, 0.2) is 42.5 Å². The van der Waals surface area contributed by atoms with Gasteiger partial charge in [-0.3, -0.25) is 14.4 Å². The molecule has 1 atom stereocenters. The molecular formula is C26H30Cl2N4O4. The number of methoxy groups -OCH3 is 1. The van der Waals surface area contributed by atoms with Crippen LogP contribution in [0.5, 0.6) is 5.75 Å². The van der Waals surface area contributed by atoms with Crippen LogP contribution in [0.4, 0.5) is 0 Å². The van der Waals surface area contributed by atoms with Crippen LogP contribution in [0, 0.1) is 0 Å². The maximum atomic E-state index is 13.5. The van der Waals surface area contributed by atoms with Crippen molar-refractivity contribution in [3.05, 3.63) is 63.6 Å². The Bertz CT molecular complexity index is 1120. The van der Waals surface area contributed by atoms with Gasteiger partial charge in [0.05, 0.1) is 23.6 Å². The van der Waals surface area contributed by atoms with Gasteiger partial charge in [-0.05, 0) is 61.6 Å². The number of amides is 3. The summed E-state index contributed by atoms with van der Waals surface area (Å²) in [6.45, 7) is 0.469. The Morgan fingerprint density at radius 3 is 2.28 bits per heavy atom. The first-order valence-electron chi connectivity index (χ1n) is 12.0. The Balaban J connectivity index is 1.55. The highest BCUT2D eigenvalue weighted by Crippen LogP contribution is 2.26. The first kappa shape index (κ1) is 26.3. The summed E-state index contributed by atoms with van der Waals surface area (Å²) in [5, 5.41) is 3.63. The summed E-state index contributed by atoms with van der Waals surface area (Å²) in [5.74, 6) is -0.311. The van der Waals surface area contributed by atoms with E-state index in [0.29, 0.717) is 16.3 Å². The lowest BCUT2D eigenvalue weighted by Crippen LogP contribution is -2.56. The third kappa shape index (κ3) is 5.94. The summed E-state index contributed by atoms with van der Waals surface area (Å²) in [4.78, 5) is 43.2. The molecule has 2 aromatic carbocycles. The van der Waals surface area contributed by atoms with Gasteiger partial charge in [-0.25, -0.2) is 0 Å². The van der Waals surface area contributed by atoms with E-state index in [2.05, 4.69) is 5.32 Å². The number of nitrogens with zero attached hydrogens (tertiary/aromatic N) is 2. The van der Waals surface area contributed by atoms with Crippen molar-refractivity contribution in [3.63, 3.8) is 0 Å². The normalized spacial score (nSPS) is 21.8. The molecule has 3 amide bonds. The maximum Gasteiger partial charge on any atom is 0.264 e. The lowest BCUT2D eigenvalue weighted by molar-refractivity contribution is -0.141. The van der Waals surface area contributed by atoms with Crippen LogP contribution in [0.3, 0.4) is 0 Å². The molecule has 192 valence electrons. The number of hydrogen-bond acceptors (Lipinski definition) is 5. The van der Waals surface area contributed by atoms with E-state index >= 15 is 0 Å². The molecule has 1 unspecified atom stereocenters. The van der Waals surface area contributed by atoms with Gasteiger partial charge in [0.1, 0.15) is 5.75 Å². The van der Waals surface area contributed by atoms with E-state index in [1.54, 1.807) is 31.4 Å². The van der Waals surface area contributed by atoms with Crippen LogP contribution in [-0.2, 0) is 16.0 Å². The van der Waals surface area contributed by atoms with Gasteiger partial charge in [-0.1, -0.05) is 35.3 Å². The summed E-state index contributed by atoms with van der Waals surface area (Å²) < 4.78 is 5.18. The fourth-order valence-electron chi connectivity index (χ4n) is 4.74. The van der Waals surface area contributed by atoms with Crippen molar-refractivity contribution < 1.29 is 19.1 Å². The first-order chi connectivity index (χ1) is 17.3. The fourth-order valence-corrected chi connectivity index (χ4v) is 5.04. The molecule has 10 heteroatoms. The number of carbonyl (C=O) groups excluding carboxylic acids is 3. The van der Waals surface area contributed by atoms with E-state index in [1.165, 1.54) is 15.9 Å². The van der Waals surface area contributed by atoms with Crippen molar-refractivity contribution in [2.45, 2.75) is 50.4 Å². The van der Waals surface area contributed by atoms with Gasteiger partial charge in [0.25, 0.3) is 11.8 Å². The lowest BCUT2D eigenvalue weighted by atomic mass is 9.92.